The van der Waals surface area contributed by atoms with Crippen LogP contribution < -0.4 is 5.56 Å². The average Bonchev–Trinajstić information content (AvgIpc) is 3.13. The van der Waals surface area contributed by atoms with Crippen LogP contribution in [0.3, 0.4) is 0 Å². The second kappa shape index (κ2) is 7.71. The normalized spacial score (nSPS) is 15.2. The molecule has 160 valence electrons. The fraction of sp³-hybridized carbons (Fsp3) is 0.280. The van der Waals surface area contributed by atoms with Gasteiger partial charge in [0.2, 0.25) is 0 Å². The highest BCUT2D eigenvalue weighted by Crippen LogP contribution is 2.30. The molecule has 0 bridgehead atoms. The molecular formula is C25H22ClN5O. The third kappa shape index (κ3) is 3.17. The van der Waals surface area contributed by atoms with Crippen LogP contribution >= 0.6 is 11.6 Å². The first-order chi connectivity index (χ1) is 15.7. The molecule has 1 saturated carbocycles. The van der Waals surface area contributed by atoms with Crippen LogP contribution in [0.1, 0.15) is 43.7 Å². The molecule has 0 amide bonds. The predicted octanol–water partition coefficient (Wildman–Crippen LogP) is 5.50. The highest BCUT2D eigenvalue weighted by Gasteiger charge is 2.23. The highest BCUT2D eigenvalue weighted by atomic mass is 35.5. The van der Waals surface area contributed by atoms with Gasteiger partial charge >= 0.3 is 0 Å². The minimum Gasteiger partial charge on any atom is -0.304 e. The zero-order chi connectivity index (χ0) is 21.7. The van der Waals surface area contributed by atoms with Gasteiger partial charge in [-0.15, -0.1) is 0 Å². The molecule has 0 unspecified atom stereocenters. The minimum atomic E-state index is -0.0219. The first-order valence-electron chi connectivity index (χ1n) is 11.1. The van der Waals surface area contributed by atoms with E-state index < -0.39 is 0 Å². The molecule has 1 fully saturated rings. The maximum Gasteiger partial charge on any atom is 0.265 e. The van der Waals surface area contributed by atoms with Crippen LogP contribution in [0.25, 0.3) is 33.2 Å². The SMILES string of the molecule is O=c1c2c3nc4ccccc4nc3n(Cc3ccc(Cl)cc3)c2ncn1C1CCCCC1. The van der Waals surface area contributed by atoms with Gasteiger partial charge in [-0.25, -0.2) is 15.0 Å². The Morgan fingerprint density at radius 3 is 2.38 bits per heavy atom. The second-order valence-corrected chi connectivity index (χ2v) is 8.98. The van der Waals surface area contributed by atoms with Crippen molar-refractivity contribution in [3.05, 3.63) is 75.8 Å². The number of rotatable bonds is 3. The smallest absolute Gasteiger partial charge is 0.265 e. The number of hydrogen-bond donors (Lipinski definition) is 0. The van der Waals surface area contributed by atoms with Crippen molar-refractivity contribution in [2.24, 2.45) is 0 Å². The van der Waals surface area contributed by atoms with Crippen molar-refractivity contribution in [3.63, 3.8) is 0 Å². The van der Waals surface area contributed by atoms with Gasteiger partial charge in [0.1, 0.15) is 17.2 Å². The third-order valence-corrected chi connectivity index (χ3v) is 6.75. The zero-order valence-corrected chi connectivity index (χ0v) is 18.3. The molecule has 1 aliphatic carbocycles. The molecule has 0 saturated heterocycles. The van der Waals surface area contributed by atoms with Crippen molar-refractivity contribution >= 4 is 44.8 Å². The van der Waals surface area contributed by atoms with Crippen LogP contribution in [-0.2, 0) is 6.54 Å². The maximum absolute atomic E-state index is 13.7. The van der Waals surface area contributed by atoms with E-state index in [1.54, 1.807) is 6.33 Å². The Bertz CT molecular complexity index is 1510. The number of benzene rings is 2. The maximum atomic E-state index is 13.7. The lowest BCUT2D eigenvalue weighted by molar-refractivity contribution is 0.345. The zero-order valence-electron chi connectivity index (χ0n) is 17.5. The molecule has 5 aromatic rings. The van der Waals surface area contributed by atoms with E-state index in [-0.39, 0.29) is 11.6 Å². The van der Waals surface area contributed by atoms with Crippen LogP contribution in [0.2, 0.25) is 5.02 Å². The van der Waals surface area contributed by atoms with Gasteiger partial charge in [0.25, 0.3) is 5.56 Å². The Labute approximate surface area is 189 Å². The number of hydrogen-bond acceptors (Lipinski definition) is 4. The van der Waals surface area contributed by atoms with E-state index in [9.17, 15) is 4.79 Å². The molecule has 0 radical (unpaired) electrons. The van der Waals surface area contributed by atoms with E-state index in [4.69, 9.17) is 26.6 Å². The Morgan fingerprint density at radius 1 is 0.906 bits per heavy atom. The molecular weight excluding hydrogens is 422 g/mol. The van der Waals surface area contributed by atoms with E-state index in [1.807, 2.05) is 57.7 Å². The highest BCUT2D eigenvalue weighted by molar-refractivity contribution is 6.30. The summed E-state index contributed by atoms with van der Waals surface area (Å²) in [6, 6.07) is 15.7. The van der Waals surface area contributed by atoms with Crippen molar-refractivity contribution in [1.29, 1.82) is 0 Å². The molecule has 3 aromatic heterocycles. The van der Waals surface area contributed by atoms with Gasteiger partial charge in [-0.3, -0.25) is 9.36 Å². The van der Waals surface area contributed by atoms with Gasteiger partial charge in [-0.05, 0) is 42.7 Å². The van der Waals surface area contributed by atoms with Gasteiger partial charge in [-0.1, -0.05) is 55.1 Å². The molecule has 0 spiro atoms. The summed E-state index contributed by atoms with van der Waals surface area (Å²) in [5.41, 5.74) is 4.54. The Balaban J connectivity index is 1.63. The molecule has 32 heavy (non-hydrogen) atoms. The van der Waals surface area contributed by atoms with Crippen LogP contribution in [0.4, 0.5) is 0 Å². The molecule has 6 rings (SSSR count). The molecule has 7 heteroatoms. The number of aromatic nitrogens is 5. The van der Waals surface area contributed by atoms with Crippen LogP contribution in [0.5, 0.6) is 0 Å². The summed E-state index contributed by atoms with van der Waals surface area (Å²) in [4.78, 5) is 28.3. The summed E-state index contributed by atoms with van der Waals surface area (Å²) in [6.45, 7) is 0.532. The van der Waals surface area contributed by atoms with E-state index in [0.717, 1.165) is 42.3 Å². The number of nitrogens with zero attached hydrogens (tertiary/aromatic N) is 5. The molecule has 6 nitrogen and oxygen atoms in total. The summed E-state index contributed by atoms with van der Waals surface area (Å²) in [5.74, 6) is 0. The monoisotopic (exact) mass is 443 g/mol. The third-order valence-electron chi connectivity index (χ3n) is 6.50. The van der Waals surface area contributed by atoms with Crippen molar-refractivity contribution in [1.82, 2.24) is 24.1 Å². The standard InChI is InChI=1S/C25H22ClN5O/c26-17-12-10-16(11-13-17)14-30-23-21(22-24(30)29-20-9-5-4-8-19(20)28-22)25(32)31(15-27-23)18-6-2-1-3-7-18/h4-5,8-13,15,18H,1-3,6-7,14H2. The van der Waals surface area contributed by atoms with E-state index in [2.05, 4.69) is 0 Å². The fourth-order valence-electron chi connectivity index (χ4n) is 4.86. The lowest BCUT2D eigenvalue weighted by Gasteiger charge is -2.23. The van der Waals surface area contributed by atoms with Crippen LogP contribution in [0.15, 0.2) is 59.7 Å². The summed E-state index contributed by atoms with van der Waals surface area (Å²) >= 11 is 6.08. The molecule has 0 atom stereocenters. The molecule has 0 aliphatic heterocycles. The molecule has 1 aliphatic rings. The van der Waals surface area contributed by atoms with Crippen molar-refractivity contribution in [2.75, 3.05) is 0 Å². The average molecular weight is 444 g/mol. The Kier molecular flexibility index (Phi) is 4.68. The van der Waals surface area contributed by atoms with Gasteiger partial charge in [-0.2, -0.15) is 0 Å². The van der Waals surface area contributed by atoms with Gasteiger partial charge in [0, 0.05) is 11.1 Å². The van der Waals surface area contributed by atoms with Crippen LogP contribution in [-0.4, -0.2) is 24.1 Å². The number of fused-ring (bicyclic) bond motifs is 4. The number of para-hydroxylation sites is 2. The first-order valence-corrected chi connectivity index (χ1v) is 11.5. The van der Waals surface area contributed by atoms with E-state index in [0.29, 0.717) is 33.8 Å². The van der Waals surface area contributed by atoms with Gasteiger partial charge in [0.15, 0.2) is 11.3 Å². The minimum absolute atomic E-state index is 0.0219. The van der Waals surface area contributed by atoms with Crippen molar-refractivity contribution in [2.45, 2.75) is 44.7 Å². The molecule has 3 heterocycles. The first kappa shape index (κ1) is 19.4. The quantitative estimate of drug-likeness (QED) is 0.369. The van der Waals surface area contributed by atoms with Crippen molar-refractivity contribution in [3.8, 4) is 0 Å². The summed E-state index contributed by atoms with van der Waals surface area (Å²) < 4.78 is 3.82. The summed E-state index contributed by atoms with van der Waals surface area (Å²) in [6.07, 6.45) is 7.29. The van der Waals surface area contributed by atoms with Gasteiger partial charge < -0.3 is 4.57 Å². The van der Waals surface area contributed by atoms with E-state index >= 15 is 0 Å². The van der Waals surface area contributed by atoms with Gasteiger partial charge in [0.05, 0.1) is 17.6 Å². The summed E-state index contributed by atoms with van der Waals surface area (Å²) in [5, 5.41) is 1.25. The fourth-order valence-corrected chi connectivity index (χ4v) is 4.98. The largest absolute Gasteiger partial charge is 0.304 e. The molecule has 0 N–H and O–H groups in total. The Hall–Kier alpha value is -3.25. The van der Waals surface area contributed by atoms with Crippen molar-refractivity contribution < 1.29 is 0 Å². The van der Waals surface area contributed by atoms with E-state index in [1.165, 1.54) is 6.42 Å². The Morgan fingerprint density at radius 2 is 1.62 bits per heavy atom. The summed E-state index contributed by atoms with van der Waals surface area (Å²) in [7, 11) is 0. The topological polar surface area (TPSA) is 65.6 Å². The lowest BCUT2D eigenvalue weighted by Crippen LogP contribution is -2.26. The number of halogens is 1. The molecule has 2 aromatic carbocycles. The lowest BCUT2D eigenvalue weighted by atomic mass is 9.95. The van der Waals surface area contributed by atoms with Crippen LogP contribution in [0, 0.1) is 0 Å². The predicted molar refractivity (Wildman–Crippen MR) is 127 cm³/mol. The second-order valence-electron chi connectivity index (χ2n) is 8.54.